The molecule has 1 aromatic carbocycles. The Kier molecular flexibility index (Phi) is 2.59. The predicted octanol–water partition coefficient (Wildman–Crippen LogP) is 0.875. The Balaban J connectivity index is 2.36. The highest BCUT2D eigenvalue weighted by Gasteiger charge is 2.22. The van der Waals surface area contributed by atoms with Crippen molar-refractivity contribution in [2.24, 2.45) is 0 Å². The molecule has 0 radical (unpaired) electrons. The quantitative estimate of drug-likeness (QED) is 0.572. The highest BCUT2D eigenvalue weighted by atomic mass is 16.5. The molecule has 1 aliphatic rings. The molecule has 0 atom stereocenters. The molecule has 16 heavy (non-hydrogen) atoms. The van der Waals surface area contributed by atoms with E-state index in [1.807, 2.05) is 12.1 Å². The monoisotopic (exact) mass is 218 g/mol. The van der Waals surface area contributed by atoms with Crippen LogP contribution < -0.4 is 15.4 Å². The lowest BCUT2D eigenvalue weighted by Crippen LogP contribution is -2.22. The molecule has 0 saturated carbocycles. The molecular weight excluding hydrogens is 208 g/mol. The minimum Gasteiger partial charge on any atom is -0.496 e. The molecule has 0 bridgehead atoms. The van der Waals surface area contributed by atoms with Crippen LogP contribution >= 0.6 is 0 Å². The second-order valence-corrected chi connectivity index (χ2v) is 3.21. The number of amides is 3. The van der Waals surface area contributed by atoms with Gasteiger partial charge >= 0.3 is 6.03 Å². The Hall–Kier alpha value is -2.30. The van der Waals surface area contributed by atoms with Gasteiger partial charge in [-0.2, -0.15) is 0 Å². The van der Waals surface area contributed by atoms with Crippen molar-refractivity contribution in [1.82, 2.24) is 10.6 Å². The summed E-state index contributed by atoms with van der Waals surface area (Å²) in [7, 11) is 1.55. The summed E-state index contributed by atoms with van der Waals surface area (Å²) < 4.78 is 5.13. The predicted molar refractivity (Wildman–Crippen MR) is 57.6 cm³/mol. The second-order valence-electron chi connectivity index (χ2n) is 3.21. The zero-order valence-electron chi connectivity index (χ0n) is 8.61. The molecule has 5 nitrogen and oxygen atoms in total. The number of urea groups is 1. The molecule has 1 heterocycles. The van der Waals surface area contributed by atoms with Crippen molar-refractivity contribution in [3.8, 4) is 5.75 Å². The van der Waals surface area contributed by atoms with Gasteiger partial charge in [-0.1, -0.05) is 18.2 Å². The van der Waals surface area contributed by atoms with Gasteiger partial charge in [-0.05, 0) is 12.1 Å². The Morgan fingerprint density at radius 3 is 2.56 bits per heavy atom. The number of ether oxygens (including phenoxy) is 1. The number of imide groups is 1. The van der Waals surface area contributed by atoms with E-state index in [4.69, 9.17) is 4.74 Å². The first-order valence-corrected chi connectivity index (χ1v) is 4.68. The third-order valence-electron chi connectivity index (χ3n) is 2.16. The summed E-state index contributed by atoms with van der Waals surface area (Å²) in [5, 5.41) is 4.54. The van der Waals surface area contributed by atoms with Gasteiger partial charge in [0.15, 0.2) is 0 Å². The number of rotatable bonds is 2. The highest BCUT2D eigenvalue weighted by molar-refractivity contribution is 6.14. The Morgan fingerprint density at radius 1 is 1.19 bits per heavy atom. The van der Waals surface area contributed by atoms with Crippen molar-refractivity contribution in [2.75, 3.05) is 7.11 Å². The van der Waals surface area contributed by atoms with Crippen LogP contribution in [0.1, 0.15) is 5.56 Å². The van der Waals surface area contributed by atoms with Crippen molar-refractivity contribution in [1.29, 1.82) is 0 Å². The molecule has 1 aliphatic heterocycles. The summed E-state index contributed by atoms with van der Waals surface area (Å²) >= 11 is 0. The van der Waals surface area contributed by atoms with E-state index in [1.165, 1.54) is 0 Å². The van der Waals surface area contributed by atoms with E-state index in [2.05, 4.69) is 10.6 Å². The first-order valence-electron chi connectivity index (χ1n) is 4.68. The fraction of sp³-hybridized carbons (Fsp3) is 0.0909. The molecule has 1 fully saturated rings. The van der Waals surface area contributed by atoms with Crippen molar-refractivity contribution in [3.63, 3.8) is 0 Å². The Labute approximate surface area is 92.1 Å². The number of benzene rings is 1. The van der Waals surface area contributed by atoms with Crippen LogP contribution in [0.25, 0.3) is 6.08 Å². The molecule has 2 N–H and O–H groups in total. The Morgan fingerprint density at radius 2 is 1.94 bits per heavy atom. The normalized spacial score (nSPS) is 17.2. The zero-order chi connectivity index (χ0) is 11.5. The Bertz CT molecular complexity index is 480. The number of para-hydroxylation sites is 1. The first-order chi connectivity index (χ1) is 7.70. The molecule has 0 spiro atoms. The summed E-state index contributed by atoms with van der Waals surface area (Å²) in [4.78, 5) is 22.2. The largest absolute Gasteiger partial charge is 0.496 e. The second kappa shape index (κ2) is 4.06. The van der Waals surface area contributed by atoms with Crippen LogP contribution in [0.15, 0.2) is 30.0 Å². The molecule has 5 heteroatoms. The first kappa shape index (κ1) is 10.2. The number of hydrogen-bond donors (Lipinski definition) is 2. The third kappa shape index (κ3) is 1.88. The third-order valence-corrected chi connectivity index (χ3v) is 2.16. The number of hydrogen-bond acceptors (Lipinski definition) is 3. The lowest BCUT2D eigenvalue weighted by molar-refractivity contribution is -0.115. The van der Waals surface area contributed by atoms with Gasteiger partial charge in [-0.25, -0.2) is 4.79 Å². The fourth-order valence-corrected chi connectivity index (χ4v) is 1.42. The molecular formula is C11H10N2O3. The summed E-state index contributed by atoms with van der Waals surface area (Å²) in [5.74, 6) is 0.208. The lowest BCUT2D eigenvalue weighted by Gasteiger charge is -2.03. The standard InChI is InChI=1S/C11H10N2O3/c1-16-9-5-3-2-4-7(9)6-8-10(14)13-11(15)12-8/h2-6H,1H3,(H2,12,13,14,15). The maximum atomic E-state index is 11.3. The van der Waals surface area contributed by atoms with Crippen molar-refractivity contribution in [2.45, 2.75) is 0 Å². The van der Waals surface area contributed by atoms with E-state index in [1.54, 1.807) is 25.3 Å². The number of nitrogens with one attached hydrogen (secondary N) is 2. The topological polar surface area (TPSA) is 67.4 Å². The summed E-state index contributed by atoms with van der Waals surface area (Å²) in [5.41, 5.74) is 0.951. The van der Waals surface area contributed by atoms with Crippen LogP contribution in [0, 0.1) is 0 Å². The van der Waals surface area contributed by atoms with Gasteiger partial charge in [0.2, 0.25) is 0 Å². The average molecular weight is 218 g/mol. The highest BCUT2D eigenvalue weighted by Crippen LogP contribution is 2.20. The smallest absolute Gasteiger partial charge is 0.326 e. The van der Waals surface area contributed by atoms with E-state index < -0.39 is 11.9 Å². The summed E-state index contributed by atoms with van der Waals surface area (Å²) in [6.45, 7) is 0. The molecule has 82 valence electrons. The average Bonchev–Trinajstić information content (AvgIpc) is 2.58. The van der Waals surface area contributed by atoms with E-state index in [0.717, 1.165) is 5.56 Å². The summed E-state index contributed by atoms with van der Waals surface area (Å²) in [6, 6.07) is 6.72. The van der Waals surface area contributed by atoms with Crippen LogP contribution in [-0.4, -0.2) is 19.0 Å². The van der Waals surface area contributed by atoms with Crippen LogP contribution in [0.4, 0.5) is 4.79 Å². The van der Waals surface area contributed by atoms with Crippen molar-refractivity contribution in [3.05, 3.63) is 35.5 Å². The molecule has 3 amide bonds. The van der Waals surface area contributed by atoms with Gasteiger partial charge in [0.05, 0.1) is 7.11 Å². The van der Waals surface area contributed by atoms with Crippen molar-refractivity contribution >= 4 is 18.0 Å². The van der Waals surface area contributed by atoms with Gasteiger partial charge in [-0.15, -0.1) is 0 Å². The van der Waals surface area contributed by atoms with Gasteiger partial charge < -0.3 is 10.1 Å². The molecule has 0 aliphatic carbocycles. The molecule has 0 unspecified atom stereocenters. The molecule has 0 aromatic heterocycles. The molecule has 1 saturated heterocycles. The van der Waals surface area contributed by atoms with Crippen LogP contribution in [0.5, 0.6) is 5.75 Å². The van der Waals surface area contributed by atoms with E-state index in [-0.39, 0.29) is 5.70 Å². The SMILES string of the molecule is COc1ccccc1C=C1NC(=O)NC1=O. The minimum atomic E-state index is -0.508. The maximum absolute atomic E-state index is 11.3. The van der Waals surface area contributed by atoms with Crippen molar-refractivity contribution < 1.29 is 14.3 Å². The van der Waals surface area contributed by atoms with Gasteiger partial charge in [0, 0.05) is 5.56 Å². The maximum Gasteiger partial charge on any atom is 0.326 e. The van der Waals surface area contributed by atoms with Crippen LogP contribution in [-0.2, 0) is 4.79 Å². The number of methoxy groups -OCH3 is 1. The number of carbonyl (C=O) groups is 2. The fourth-order valence-electron chi connectivity index (χ4n) is 1.42. The van der Waals surface area contributed by atoms with E-state index in [0.29, 0.717) is 5.75 Å². The van der Waals surface area contributed by atoms with E-state index in [9.17, 15) is 9.59 Å². The lowest BCUT2D eigenvalue weighted by atomic mass is 10.1. The van der Waals surface area contributed by atoms with Gasteiger partial charge in [0.1, 0.15) is 11.4 Å². The van der Waals surface area contributed by atoms with Gasteiger partial charge in [0.25, 0.3) is 5.91 Å². The zero-order valence-corrected chi connectivity index (χ0v) is 8.61. The summed E-state index contributed by atoms with van der Waals surface area (Å²) in [6.07, 6.45) is 1.57. The molecule has 2 rings (SSSR count). The minimum absolute atomic E-state index is 0.217. The van der Waals surface area contributed by atoms with E-state index >= 15 is 0 Å². The van der Waals surface area contributed by atoms with Crippen LogP contribution in [0.3, 0.4) is 0 Å². The van der Waals surface area contributed by atoms with Gasteiger partial charge in [-0.3, -0.25) is 10.1 Å². The number of carbonyl (C=O) groups excluding carboxylic acids is 2. The van der Waals surface area contributed by atoms with Crippen LogP contribution in [0.2, 0.25) is 0 Å². The molecule has 1 aromatic rings.